The minimum Gasteiger partial charge on any atom is -0.350 e. The van der Waals surface area contributed by atoms with E-state index in [9.17, 15) is 4.79 Å². The molecule has 0 radical (unpaired) electrons. The van der Waals surface area contributed by atoms with E-state index in [-0.39, 0.29) is 5.91 Å². The average molecular weight is 253 g/mol. The molecular formula is C12H19N3OS. The minimum atomic E-state index is -0.0664. The molecule has 0 bridgehead atoms. The Kier molecular flexibility index (Phi) is 3.79. The molecule has 2 rings (SSSR count). The Hall–Kier alpha value is -0.940. The molecule has 1 aromatic heterocycles. The summed E-state index contributed by atoms with van der Waals surface area (Å²) in [7, 11) is 0. The Bertz CT molecular complexity index is 398. The van der Waals surface area contributed by atoms with Crippen molar-refractivity contribution >= 4 is 17.2 Å². The molecule has 1 heterocycles. The zero-order chi connectivity index (χ0) is 12.3. The lowest BCUT2D eigenvalue weighted by molar-refractivity contribution is 0.0939. The van der Waals surface area contributed by atoms with Crippen molar-refractivity contribution in [2.75, 3.05) is 6.54 Å². The third-order valence-corrected chi connectivity index (χ3v) is 4.19. The molecule has 0 saturated heterocycles. The van der Waals surface area contributed by atoms with Crippen LogP contribution >= 0.6 is 11.3 Å². The summed E-state index contributed by atoms with van der Waals surface area (Å²) in [6, 6.07) is 0. The smallest absolute Gasteiger partial charge is 0.270 e. The summed E-state index contributed by atoms with van der Waals surface area (Å²) in [5.41, 5.74) is 6.36. The van der Waals surface area contributed by atoms with Gasteiger partial charge in [0.25, 0.3) is 5.91 Å². The third-order valence-electron chi connectivity index (χ3n) is 3.32. The van der Waals surface area contributed by atoms with Gasteiger partial charge in [-0.2, -0.15) is 0 Å². The van der Waals surface area contributed by atoms with E-state index in [1.807, 2.05) is 0 Å². The van der Waals surface area contributed by atoms with Crippen molar-refractivity contribution < 1.29 is 4.79 Å². The highest BCUT2D eigenvalue weighted by Gasteiger charge is 2.41. The number of rotatable bonds is 6. The fraction of sp³-hybridized carbons (Fsp3) is 0.667. The number of amides is 1. The number of nitrogens with zero attached hydrogens (tertiary/aromatic N) is 1. The molecule has 0 aliphatic heterocycles. The van der Waals surface area contributed by atoms with Gasteiger partial charge in [-0.3, -0.25) is 4.79 Å². The molecule has 0 atom stereocenters. The molecule has 1 saturated carbocycles. The summed E-state index contributed by atoms with van der Waals surface area (Å²) in [6.07, 6.45) is 4.88. The van der Waals surface area contributed by atoms with E-state index in [0.29, 0.717) is 17.7 Å². The highest BCUT2D eigenvalue weighted by atomic mass is 32.1. The lowest BCUT2D eigenvalue weighted by Gasteiger charge is -2.14. The number of nitrogens with two attached hydrogens (primary N) is 1. The average Bonchev–Trinajstić information content (AvgIpc) is 2.93. The van der Waals surface area contributed by atoms with Gasteiger partial charge in [-0.25, -0.2) is 4.98 Å². The summed E-state index contributed by atoms with van der Waals surface area (Å²) < 4.78 is 0. The molecule has 17 heavy (non-hydrogen) atoms. The predicted molar refractivity (Wildman–Crippen MR) is 68.9 cm³/mol. The standard InChI is InChI=1S/C12H19N3OS/c1-2-3-12(4-5-12)8-14-11(16)9-7-17-10(6-13)15-9/h7H,2-6,8,13H2,1H3,(H,14,16). The van der Waals surface area contributed by atoms with Crippen molar-refractivity contribution in [3.05, 3.63) is 16.1 Å². The minimum absolute atomic E-state index is 0.0664. The number of carbonyl (C=O) groups is 1. The molecule has 5 heteroatoms. The first kappa shape index (κ1) is 12.5. The SMILES string of the molecule is CCCC1(CNC(=O)c2csc(CN)n2)CC1. The fourth-order valence-electron chi connectivity index (χ4n) is 2.09. The van der Waals surface area contributed by atoms with Crippen LogP contribution in [0.2, 0.25) is 0 Å². The summed E-state index contributed by atoms with van der Waals surface area (Å²) >= 11 is 1.44. The van der Waals surface area contributed by atoms with Crippen LogP contribution in [0.15, 0.2) is 5.38 Å². The number of hydrogen-bond donors (Lipinski definition) is 2. The lowest BCUT2D eigenvalue weighted by Crippen LogP contribution is -2.30. The summed E-state index contributed by atoms with van der Waals surface area (Å²) in [5, 5.41) is 5.57. The molecule has 94 valence electrons. The van der Waals surface area contributed by atoms with Crippen molar-refractivity contribution in [2.24, 2.45) is 11.1 Å². The van der Waals surface area contributed by atoms with Crippen LogP contribution < -0.4 is 11.1 Å². The van der Waals surface area contributed by atoms with E-state index in [4.69, 9.17) is 5.73 Å². The molecule has 1 fully saturated rings. The van der Waals surface area contributed by atoms with Gasteiger partial charge in [-0.15, -0.1) is 11.3 Å². The number of carbonyl (C=O) groups excluding carboxylic acids is 1. The first-order chi connectivity index (χ1) is 8.19. The van der Waals surface area contributed by atoms with Crippen LogP contribution in [0.25, 0.3) is 0 Å². The van der Waals surface area contributed by atoms with Crippen LogP contribution in [0.5, 0.6) is 0 Å². The van der Waals surface area contributed by atoms with Crippen molar-refractivity contribution in [1.29, 1.82) is 0 Å². The largest absolute Gasteiger partial charge is 0.350 e. The van der Waals surface area contributed by atoms with Crippen LogP contribution in [-0.4, -0.2) is 17.4 Å². The van der Waals surface area contributed by atoms with Crippen LogP contribution in [0, 0.1) is 5.41 Å². The van der Waals surface area contributed by atoms with Gasteiger partial charge in [0.15, 0.2) is 0 Å². The van der Waals surface area contributed by atoms with Gasteiger partial charge < -0.3 is 11.1 Å². The molecule has 1 amide bonds. The van der Waals surface area contributed by atoms with Gasteiger partial charge in [0.05, 0.1) is 0 Å². The molecular weight excluding hydrogens is 234 g/mol. The maximum Gasteiger partial charge on any atom is 0.270 e. The Morgan fingerprint density at radius 1 is 1.65 bits per heavy atom. The molecule has 1 aliphatic rings. The monoisotopic (exact) mass is 253 g/mol. The van der Waals surface area contributed by atoms with Crippen molar-refractivity contribution in [3.63, 3.8) is 0 Å². The van der Waals surface area contributed by atoms with E-state index in [1.165, 1.54) is 37.0 Å². The van der Waals surface area contributed by atoms with Crippen LogP contribution in [0.1, 0.15) is 48.1 Å². The Morgan fingerprint density at radius 2 is 2.41 bits per heavy atom. The highest BCUT2D eigenvalue weighted by molar-refractivity contribution is 7.09. The Labute approximate surface area is 106 Å². The highest BCUT2D eigenvalue weighted by Crippen LogP contribution is 2.48. The van der Waals surface area contributed by atoms with E-state index >= 15 is 0 Å². The molecule has 0 unspecified atom stereocenters. The van der Waals surface area contributed by atoms with Crippen molar-refractivity contribution in [2.45, 2.75) is 39.2 Å². The quantitative estimate of drug-likeness (QED) is 0.813. The van der Waals surface area contributed by atoms with Gasteiger partial charge in [0, 0.05) is 18.5 Å². The molecule has 3 N–H and O–H groups in total. The second kappa shape index (κ2) is 5.14. The number of nitrogens with one attached hydrogen (secondary N) is 1. The van der Waals surface area contributed by atoms with Crippen LogP contribution in [0.4, 0.5) is 0 Å². The van der Waals surface area contributed by atoms with Crippen LogP contribution in [-0.2, 0) is 6.54 Å². The molecule has 4 nitrogen and oxygen atoms in total. The first-order valence-corrected chi connectivity index (χ1v) is 7.00. The van der Waals surface area contributed by atoms with Gasteiger partial charge >= 0.3 is 0 Å². The van der Waals surface area contributed by atoms with Gasteiger partial charge in [0.2, 0.25) is 0 Å². The summed E-state index contributed by atoms with van der Waals surface area (Å²) in [5.74, 6) is -0.0664. The first-order valence-electron chi connectivity index (χ1n) is 6.12. The Balaban J connectivity index is 1.85. The topological polar surface area (TPSA) is 68.0 Å². The zero-order valence-corrected chi connectivity index (χ0v) is 11.0. The van der Waals surface area contributed by atoms with Crippen molar-refractivity contribution in [3.8, 4) is 0 Å². The Morgan fingerprint density at radius 3 is 2.94 bits per heavy atom. The van der Waals surface area contributed by atoms with Gasteiger partial charge in [0.1, 0.15) is 10.7 Å². The van der Waals surface area contributed by atoms with E-state index in [0.717, 1.165) is 11.6 Å². The van der Waals surface area contributed by atoms with Crippen molar-refractivity contribution in [1.82, 2.24) is 10.3 Å². The normalized spacial score (nSPS) is 16.8. The maximum absolute atomic E-state index is 11.8. The molecule has 0 aromatic carbocycles. The zero-order valence-electron chi connectivity index (χ0n) is 10.2. The second-order valence-electron chi connectivity index (χ2n) is 4.76. The summed E-state index contributed by atoms with van der Waals surface area (Å²) in [6.45, 7) is 3.38. The lowest BCUT2D eigenvalue weighted by atomic mass is 10.0. The molecule has 1 aromatic rings. The van der Waals surface area contributed by atoms with Gasteiger partial charge in [-0.05, 0) is 24.7 Å². The third kappa shape index (κ3) is 3.04. The number of hydrogen-bond acceptors (Lipinski definition) is 4. The predicted octanol–water partition coefficient (Wildman–Crippen LogP) is 1.91. The van der Waals surface area contributed by atoms with E-state index in [1.54, 1.807) is 5.38 Å². The number of aromatic nitrogens is 1. The molecule has 1 aliphatic carbocycles. The van der Waals surface area contributed by atoms with E-state index in [2.05, 4.69) is 17.2 Å². The second-order valence-corrected chi connectivity index (χ2v) is 5.71. The van der Waals surface area contributed by atoms with Crippen LogP contribution in [0.3, 0.4) is 0 Å². The number of thiazole rings is 1. The van der Waals surface area contributed by atoms with Gasteiger partial charge in [-0.1, -0.05) is 13.3 Å². The van der Waals surface area contributed by atoms with E-state index < -0.39 is 0 Å². The molecule has 0 spiro atoms. The maximum atomic E-state index is 11.8. The summed E-state index contributed by atoms with van der Waals surface area (Å²) in [4.78, 5) is 16.0. The fourth-order valence-corrected chi connectivity index (χ4v) is 2.74.